The zero-order valence-electron chi connectivity index (χ0n) is 20.3. The second-order valence-electron chi connectivity index (χ2n) is 10.00. The van der Waals surface area contributed by atoms with E-state index in [-0.39, 0.29) is 23.8 Å². The average Bonchev–Trinajstić information content (AvgIpc) is 3.45. The zero-order valence-corrected chi connectivity index (χ0v) is 21.1. The summed E-state index contributed by atoms with van der Waals surface area (Å²) in [6, 6.07) is 16.1. The number of halogens is 1. The highest BCUT2D eigenvalue weighted by Crippen LogP contribution is 2.29. The lowest BCUT2D eigenvalue weighted by molar-refractivity contribution is -0.125. The number of carbonyl (C=O) groups excluding carboxylic acids is 2. The van der Waals surface area contributed by atoms with Gasteiger partial charge in [0, 0.05) is 56.9 Å². The summed E-state index contributed by atoms with van der Waals surface area (Å²) in [6.45, 7) is 4.58. The van der Waals surface area contributed by atoms with Crippen LogP contribution in [0.3, 0.4) is 0 Å². The van der Waals surface area contributed by atoms with Gasteiger partial charge < -0.3 is 20.0 Å². The van der Waals surface area contributed by atoms with E-state index in [4.69, 9.17) is 11.6 Å². The van der Waals surface area contributed by atoms with Crippen molar-refractivity contribution in [3.05, 3.63) is 59.1 Å². The number of piperazine rings is 1. The summed E-state index contributed by atoms with van der Waals surface area (Å²) in [5.74, 6) is 0.549. The van der Waals surface area contributed by atoms with Crippen LogP contribution in [-0.4, -0.2) is 62.0 Å². The Morgan fingerprint density at radius 2 is 1.34 bits per heavy atom. The normalized spacial score (nSPS) is 19.7. The van der Waals surface area contributed by atoms with E-state index >= 15 is 0 Å². The molecule has 2 heterocycles. The fraction of sp³-hybridized carbons (Fsp3) is 0.500. The van der Waals surface area contributed by atoms with Gasteiger partial charge in [-0.25, -0.2) is 0 Å². The maximum atomic E-state index is 13.5. The first kappa shape index (κ1) is 24.0. The molecule has 3 aliphatic rings. The summed E-state index contributed by atoms with van der Waals surface area (Å²) in [4.78, 5) is 32.6. The van der Waals surface area contributed by atoms with Crippen molar-refractivity contribution in [1.82, 2.24) is 10.2 Å². The summed E-state index contributed by atoms with van der Waals surface area (Å²) in [5, 5.41) is 4.04. The predicted octanol–water partition coefficient (Wildman–Crippen LogP) is 4.58. The van der Waals surface area contributed by atoms with E-state index in [2.05, 4.69) is 21.2 Å². The fourth-order valence-corrected chi connectivity index (χ4v) is 5.99. The van der Waals surface area contributed by atoms with Gasteiger partial charge in [-0.05, 0) is 49.9 Å². The Labute approximate surface area is 213 Å². The number of para-hydroxylation sites is 2. The number of benzene rings is 2. The van der Waals surface area contributed by atoms with E-state index in [0.717, 1.165) is 73.8 Å². The quantitative estimate of drug-likeness (QED) is 0.661. The molecule has 0 spiro atoms. The van der Waals surface area contributed by atoms with E-state index < -0.39 is 0 Å². The molecule has 1 aliphatic carbocycles. The van der Waals surface area contributed by atoms with Crippen LogP contribution < -0.4 is 15.1 Å². The first-order valence-corrected chi connectivity index (χ1v) is 13.4. The average molecular weight is 495 g/mol. The molecule has 0 aromatic heterocycles. The van der Waals surface area contributed by atoms with Crippen molar-refractivity contribution < 1.29 is 9.59 Å². The lowest BCUT2D eigenvalue weighted by Gasteiger charge is -2.38. The first-order valence-electron chi connectivity index (χ1n) is 13.0. The third-order valence-electron chi connectivity index (χ3n) is 7.80. The van der Waals surface area contributed by atoms with Gasteiger partial charge in [-0.1, -0.05) is 48.7 Å². The van der Waals surface area contributed by atoms with Gasteiger partial charge in [-0.15, -0.1) is 0 Å². The molecule has 5 rings (SSSR count). The van der Waals surface area contributed by atoms with Crippen molar-refractivity contribution in [3.8, 4) is 0 Å². The maximum Gasteiger partial charge on any atom is 0.256 e. The monoisotopic (exact) mass is 494 g/mol. The molecule has 2 aliphatic heterocycles. The largest absolute Gasteiger partial charge is 0.371 e. The minimum Gasteiger partial charge on any atom is -0.371 e. The van der Waals surface area contributed by atoms with E-state index in [9.17, 15) is 9.59 Å². The molecule has 3 fully saturated rings. The third kappa shape index (κ3) is 5.43. The number of nitrogens with one attached hydrogen (secondary N) is 1. The minimum atomic E-state index is 0.0936. The van der Waals surface area contributed by atoms with Crippen molar-refractivity contribution in [2.75, 3.05) is 49.1 Å². The number of anilines is 2. The number of amides is 2. The van der Waals surface area contributed by atoms with Gasteiger partial charge in [-0.3, -0.25) is 9.59 Å². The number of rotatable bonds is 5. The Kier molecular flexibility index (Phi) is 7.47. The summed E-state index contributed by atoms with van der Waals surface area (Å²) in [7, 11) is 0. The predicted molar refractivity (Wildman–Crippen MR) is 141 cm³/mol. The molecule has 6 nitrogen and oxygen atoms in total. The SMILES string of the molecule is O=C(NC1CCN(c2ccccc2C(=O)N2CCN(c3ccccc3Cl)CC2)CC1)C1CCCC1. The van der Waals surface area contributed by atoms with Crippen molar-refractivity contribution in [1.29, 1.82) is 0 Å². The molecule has 0 unspecified atom stereocenters. The number of carbonyl (C=O) groups is 2. The van der Waals surface area contributed by atoms with E-state index in [1.165, 1.54) is 12.8 Å². The summed E-state index contributed by atoms with van der Waals surface area (Å²) in [6.07, 6.45) is 6.25. The summed E-state index contributed by atoms with van der Waals surface area (Å²) in [5.41, 5.74) is 2.81. The standard InChI is InChI=1S/C28H35ClN4O2/c29-24-10-4-6-12-26(24)32-17-19-33(20-18-32)28(35)23-9-3-5-11-25(23)31-15-13-22(14-16-31)30-27(34)21-7-1-2-8-21/h3-6,9-12,21-22H,1-2,7-8,13-20H2,(H,30,34). The Morgan fingerprint density at radius 3 is 2.03 bits per heavy atom. The molecular weight excluding hydrogens is 460 g/mol. The van der Waals surface area contributed by atoms with Crippen LogP contribution in [0.25, 0.3) is 0 Å². The smallest absolute Gasteiger partial charge is 0.256 e. The number of piperidine rings is 1. The molecule has 0 radical (unpaired) electrons. The molecule has 1 saturated carbocycles. The van der Waals surface area contributed by atoms with Gasteiger partial charge in [0.05, 0.1) is 16.3 Å². The Bertz CT molecular complexity index is 1040. The van der Waals surface area contributed by atoms with Gasteiger partial charge in [0.15, 0.2) is 0 Å². The Hall–Kier alpha value is -2.73. The molecule has 0 bridgehead atoms. The highest BCUT2D eigenvalue weighted by Gasteiger charge is 2.29. The molecule has 2 aromatic carbocycles. The van der Waals surface area contributed by atoms with Crippen molar-refractivity contribution >= 4 is 34.8 Å². The zero-order chi connectivity index (χ0) is 24.2. The highest BCUT2D eigenvalue weighted by atomic mass is 35.5. The second kappa shape index (κ2) is 10.9. The van der Waals surface area contributed by atoms with Crippen molar-refractivity contribution in [2.24, 2.45) is 5.92 Å². The molecule has 2 aromatic rings. The fourth-order valence-electron chi connectivity index (χ4n) is 5.73. The van der Waals surface area contributed by atoms with Crippen molar-refractivity contribution in [2.45, 2.75) is 44.6 Å². The van der Waals surface area contributed by atoms with Crippen LogP contribution in [-0.2, 0) is 4.79 Å². The van der Waals surface area contributed by atoms with E-state index in [1.807, 2.05) is 47.4 Å². The van der Waals surface area contributed by atoms with E-state index in [0.29, 0.717) is 13.1 Å². The van der Waals surface area contributed by atoms with Crippen LogP contribution in [0.4, 0.5) is 11.4 Å². The third-order valence-corrected chi connectivity index (χ3v) is 8.12. The van der Waals surface area contributed by atoms with Crippen LogP contribution in [0.5, 0.6) is 0 Å². The maximum absolute atomic E-state index is 13.5. The van der Waals surface area contributed by atoms with Crippen LogP contribution in [0, 0.1) is 5.92 Å². The number of hydrogen-bond donors (Lipinski definition) is 1. The lowest BCUT2D eigenvalue weighted by atomic mass is 10.0. The lowest BCUT2D eigenvalue weighted by Crippen LogP contribution is -2.49. The molecule has 35 heavy (non-hydrogen) atoms. The van der Waals surface area contributed by atoms with Gasteiger partial charge in [0.25, 0.3) is 5.91 Å². The van der Waals surface area contributed by atoms with Crippen LogP contribution in [0.1, 0.15) is 48.9 Å². The molecule has 2 saturated heterocycles. The van der Waals surface area contributed by atoms with Gasteiger partial charge in [0.1, 0.15) is 0 Å². The van der Waals surface area contributed by atoms with Gasteiger partial charge >= 0.3 is 0 Å². The number of nitrogens with zero attached hydrogens (tertiary/aromatic N) is 3. The summed E-state index contributed by atoms with van der Waals surface area (Å²) < 4.78 is 0. The Balaban J connectivity index is 1.18. The number of hydrogen-bond acceptors (Lipinski definition) is 4. The van der Waals surface area contributed by atoms with Gasteiger partial charge in [-0.2, -0.15) is 0 Å². The minimum absolute atomic E-state index is 0.0936. The highest BCUT2D eigenvalue weighted by molar-refractivity contribution is 6.33. The molecule has 2 amide bonds. The Morgan fingerprint density at radius 1 is 0.743 bits per heavy atom. The first-order chi connectivity index (χ1) is 17.1. The summed E-state index contributed by atoms with van der Waals surface area (Å²) >= 11 is 6.38. The molecule has 1 N–H and O–H groups in total. The van der Waals surface area contributed by atoms with Crippen LogP contribution in [0.15, 0.2) is 48.5 Å². The van der Waals surface area contributed by atoms with Gasteiger partial charge in [0.2, 0.25) is 5.91 Å². The van der Waals surface area contributed by atoms with E-state index in [1.54, 1.807) is 0 Å². The molecule has 7 heteroatoms. The topological polar surface area (TPSA) is 55.9 Å². The molecule has 186 valence electrons. The van der Waals surface area contributed by atoms with Crippen LogP contribution >= 0.6 is 11.6 Å². The molecular formula is C28H35ClN4O2. The second-order valence-corrected chi connectivity index (χ2v) is 10.4. The van der Waals surface area contributed by atoms with Crippen molar-refractivity contribution in [3.63, 3.8) is 0 Å². The molecule has 0 atom stereocenters. The van der Waals surface area contributed by atoms with Crippen LogP contribution in [0.2, 0.25) is 5.02 Å².